The average Bonchev–Trinajstić information content (AvgIpc) is 3.39. The summed E-state index contributed by atoms with van der Waals surface area (Å²) in [5, 5.41) is 16.6. The van der Waals surface area contributed by atoms with Crippen molar-refractivity contribution in [2.45, 2.75) is 62.7 Å². The minimum absolute atomic E-state index is 0.0264. The summed E-state index contributed by atoms with van der Waals surface area (Å²) in [7, 11) is 0. The predicted molar refractivity (Wildman–Crippen MR) is 147 cm³/mol. The second-order valence-electron chi connectivity index (χ2n) is 8.98. The van der Waals surface area contributed by atoms with E-state index in [4.69, 9.17) is 34.4 Å². The van der Waals surface area contributed by atoms with E-state index < -0.39 is 60.2 Å². The lowest BCUT2D eigenvalue weighted by Crippen LogP contribution is -2.58. The SMILES string of the molecule is NC(=O)CC(NC(=O)C(CCCN=C(N)N)NC(=O)C(N)Cc1cnc[nH]1)C(=O)NC(CCCN=C(N)N)C(=O)O. The van der Waals surface area contributed by atoms with E-state index in [-0.39, 0.29) is 57.1 Å². The normalized spacial score (nSPS) is 13.5. The number of primary amides is 1. The Morgan fingerprint density at radius 3 is 1.83 bits per heavy atom. The van der Waals surface area contributed by atoms with Crippen LogP contribution in [-0.2, 0) is 30.4 Å². The molecule has 0 saturated heterocycles. The van der Waals surface area contributed by atoms with Crippen LogP contribution in [0.5, 0.6) is 0 Å². The van der Waals surface area contributed by atoms with E-state index >= 15 is 0 Å². The Labute approximate surface area is 235 Å². The van der Waals surface area contributed by atoms with Gasteiger partial charge in [-0.15, -0.1) is 0 Å². The van der Waals surface area contributed by atoms with Gasteiger partial charge in [-0.1, -0.05) is 0 Å². The molecule has 4 atom stereocenters. The zero-order chi connectivity index (χ0) is 30.9. The fraction of sp³-hybridized carbons (Fsp3) is 0.545. The molecule has 17 N–H and O–H groups in total. The van der Waals surface area contributed by atoms with Gasteiger partial charge in [-0.05, 0) is 25.7 Å². The Kier molecular flexibility index (Phi) is 14.6. The van der Waals surface area contributed by atoms with Gasteiger partial charge in [-0.3, -0.25) is 29.2 Å². The first-order valence-corrected chi connectivity index (χ1v) is 12.6. The van der Waals surface area contributed by atoms with Gasteiger partial charge in [0.15, 0.2) is 11.9 Å². The summed E-state index contributed by atoms with van der Waals surface area (Å²) >= 11 is 0. The molecular formula is C22H39N13O6. The minimum atomic E-state index is -1.55. The first-order chi connectivity index (χ1) is 19.3. The van der Waals surface area contributed by atoms with E-state index in [0.717, 1.165) is 0 Å². The molecule has 0 aliphatic rings. The molecule has 1 heterocycles. The van der Waals surface area contributed by atoms with Gasteiger partial charge < -0.3 is 60.4 Å². The van der Waals surface area contributed by atoms with Crippen molar-refractivity contribution in [2.24, 2.45) is 44.4 Å². The van der Waals surface area contributed by atoms with E-state index in [1.54, 1.807) is 0 Å². The van der Waals surface area contributed by atoms with Crippen LogP contribution in [0, 0.1) is 0 Å². The molecule has 4 amide bonds. The highest BCUT2D eigenvalue weighted by molar-refractivity contribution is 5.96. The third kappa shape index (κ3) is 14.1. The Morgan fingerprint density at radius 2 is 1.34 bits per heavy atom. The van der Waals surface area contributed by atoms with Crippen molar-refractivity contribution >= 4 is 41.5 Å². The van der Waals surface area contributed by atoms with Crippen molar-refractivity contribution in [2.75, 3.05) is 13.1 Å². The van der Waals surface area contributed by atoms with Crippen LogP contribution in [0.1, 0.15) is 37.8 Å². The number of nitrogens with one attached hydrogen (secondary N) is 4. The van der Waals surface area contributed by atoms with Crippen LogP contribution >= 0.6 is 0 Å². The first-order valence-electron chi connectivity index (χ1n) is 12.6. The second kappa shape index (κ2) is 17.6. The summed E-state index contributed by atoms with van der Waals surface area (Å²) in [6.07, 6.45) is 2.80. The topological polar surface area (TPSA) is 351 Å². The van der Waals surface area contributed by atoms with Crippen LogP contribution in [0.4, 0.5) is 0 Å². The minimum Gasteiger partial charge on any atom is -0.480 e. The average molecular weight is 582 g/mol. The van der Waals surface area contributed by atoms with Crippen LogP contribution in [0.2, 0.25) is 0 Å². The lowest BCUT2D eigenvalue weighted by Gasteiger charge is -2.24. The van der Waals surface area contributed by atoms with Gasteiger partial charge in [-0.2, -0.15) is 0 Å². The Morgan fingerprint density at radius 1 is 0.829 bits per heavy atom. The highest BCUT2D eigenvalue weighted by Crippen LogP contribution is 2.05. The molecule has 0 spiro atoms. The number of carboxylic acids is 1. The fourth-order valence-electron chi connectivity index (χ4n) is 3.49. The maximum absolute atomic E-state index is 13.2. The Hall–Kier alpha value is -4.94. The molecule has 0 bridgehead atoms. The largest absolute Gasteiger partial charge is 0.480 e. The lowest BCUT2D eigenvalue weighted by atomic mass is 10.1. The molecule has 0 aliphatic heterocycles. The molecular weight excluding hydrogens is 542 g/mol. The number of aromatic amines is 1. The Balaban J connectivity index is 2.99. The third-order valence-corrected chi connectivity index (χ3v) is 5.51. The maximum Gasteiger partial charge on any atom is 0.326 e. The summed E-state index contributed by atoms with van der Waals surface area (Å²) < 4.78 is 0. The number of aromatic nitrogens is 2. The number of guanidine groups is 2. The summed E-state index contributed by atoms with van der Waals surface area (Å²) in [4.78, 5) is 76.4. The van der Waals surface area contributed by atoms with E-state index in [1.165, 1.54) is 12.5 Å². The van der Waals surface area contributed by atoms with Crippen molar-refractivity contribution in [3.8, 4) is 0 Å². The summed E-state index contributed by atoms with van der Waals surface area (Å²) in [6.45, 7) is 0.251. The molecule has 0 saturated carbocycles. The third-order valence-electron chi connectivity index (χ3n) is 5.51. The van der Waals surface area contributed by atoms with E-state index in [1.807, 2.05) is 0 Å². The summed E-state index contributed by atoms with van der Waals surface area (Å²) in [5.41, 5.74) is 32.9. The molecule has 0 aliphatic carbocycles. The molecule has 41 heavy (non-hydrogen) atoms. The fourth-order valence-corrected chi connectivity index (χ4v) is 3.49. The smallest absolute Gasteiger partial charge is 0.326 e. The molecule has 1 aromatic rings. The number of nitrogens with zero attached hydrogens (tertiary/aromatic N) is 3. The van der Waals surface area contributed by atoms with E-state index in [0.29, 0.717) is 5.69 Å². The van der Waals surface area contributed by atoms with Crippen molar-refractivity contribution in [3.05, 3.63) is 18.2 Å². The molecule has 4 unspecified atom stereocenters. The highest BCUT2D eigenvalue weighted by Gasteiger charge is 2.31. The summed E-state index contributed by atoms with van der Waals surface area (Å²) in [6, 6.07) is -5.19. The molecule has 228 valence electrons. The number of amides is 4. The molecule has 0 radical (unpaired) electrons. The van der Waals surface area contributed by atoms with Crippen LogP contribution in [0.25, 0.3) is 0 Å². The molecule has 0 fully saturated rings. The summed E-state index contributed by atoms with van der Waals surface area (Å²) in [5.74, 6) is -5.15. The predicted octanol–water partition coefficient (Wildman–Crippen LogP) is -5.20. The van der Waals surface area contributed by atoms with Gasteiger partial charge in [0.05, 0.1) is 18.8 Å². The van der Waals surface area contributed by atoms with Crippen molar-refractivity contribution in [1.29, 1.82) is 0 Å². The Bertz CT molecular complexity index is 1080. The number of carboxylic acid groups (broad SMARTS) is 1. The number of H-pyrrole nitrogens is 1. The molecule has 1 aromatic heterocycles. The van der Waals surface area contributed by atoms with E-state index in [9.17, 15) is 29.1 Å². The standard InChI is InChI=1S/C22H39N13O6/c23-12(7-11-9-29-10-32-11)17(37)33-13(3-1-5-30-21(25)26)18(38)35-15(8-16(24)36)19(39)34-14(20(40)41)4-2-6-31-22(27)28/h9-10,12-15H,1-8,23H2,(H2,24,36)(H,29,32)(H,33,37)(H,34,39)(H,35,38)(H,40,41)(H4,25,26,30)(H4,27,28,31). The number of aliphatic carboxylic acids is 1. The zero-order valence-electron chi connectivity index (χ0n) is 22.4. The molecule has 1 rings (SSSR count). The molecule has 0 aromatic carbocycles. The van der Waals surface area contributed by atoms with Gasteiger partial charge in [0.1, 0.15) is 18.1 Å². The molecule has 19 nitrogen and oxygen atoms in total. The number of carbonyl (C=O) groups excluding carboxylic acids is 4. The number of hydrogen-bond acceptors (Lipinski definition) is 9. The number of nitrogens with two attached hydrogens (primary N) is 6. The molecule has 19 heteroatoms. The van der Waals surface area contributed by atoms with Gasteiger partial charge in [0, 0.05) is 31.4 Å². The van der Waals surface area contributed by atoms with Crippen molar-refractivity contribution in [3.63, 3.8) is 0 Å². The zero-order valence-corrected chi connectivity index (χ0v) is 22.4. The number of hydrogen-bond donors (Lipinski definition) is 11. The van der Waals surface area contributed by atoms with Crippen LogP contribution in [0.3, 0.4) is 0 Å². The number of rotatable bonds is 19. The van der Waals surface area contributed by atoms with Crippen LogP contribution in [0.15, 0.2) is 22.5 Å². The maximum atomic E-state index is 13.2. The second-order valence-corrected chi connectivity index (χ2v) is 8.98. The van der Waals surface area contributed by atoms with Gasteiger partial charge in [0.2, 0.25) is 23.6 Å². The van der Waals surface area contributed by atoms with Crippen LogP contribution < -0.4 is 50.4 Å². The van der Waals surface area contributed by atoms with Crippen molar-refractivity contribution < 1.29 is 29.1 Å². The van der Waals surface area contributed by atoms with Crippen molar-refractivity contribution in [1.82, 2.24) is 25.9 Å². The van der Waals surface area contributed by atoms with Gasteiger partial charge >= 0.3 is 5.97 Å². The van der Waals surface area contributed by atoms with Gasteiger partial charge in [-0.25, -0.2) is 9.78 Å². The number of carbonyl (C=O) groups is 5. The number of aliphatic imine (C=N–C) groups is 2. The monoisotopic (exact) mass is 581 g/mol. The lowest BCUT2D eigenvalue weighted by molar-refractivity contribution is -0.142. The number of imidazole rings is 1. The van der Waals surface area contributed by atoms with E-state index in [2.05, 4.69) is 35.9 Å². The highest BCUT2D eigenvalue weighted by atomic mass is 16.4. The quantitative estimate of drug-likeness (QED) is 0.0414. The van der Waals surface area contributed by atoms with Crippen LogP contribution in [-0.4, -0.2) is 93.8 Å². The first kappa shape index (κ1) is 34.1. The van der Waals surface area contributed by atoms with Gasteiger partial charge in [0.25, 0.3) is 0 Å².